The lowest BCUT2D eigenvalue weighted by Crippen LogP contribution is -2.30. The van der Waals surface area contributed by atoms with Crippen LogP contribution in [-0.2, 0) is 4.79 Å². The highest BCUT2D eigenvalue weighted by atomic mass is 32.2. The van der Waals surface area contributed by atoms with E-state index in [4.69, 9.17) is 9.73 Å². The lowest BCUT2D eigenvalue weighted by molar-refractivity contribution is -0.122. The number of thioether (sulfide) groups is 1. The predicted octanol–water partition coefficient (Wildman–Crippen LogP) is 5.41. The zero-order chi connectivity index (χ0) is 19.2. The number of carbonyl (C=O) groups excluding carboxylic acids is 1. The second-order valence-corrected chi connectivity index (χ2v) is 7.39. The van der Waals surface area contributed by atoms with E-state index in [1.165, 1.54) is 11.8 Å². The Morgan fingerprint density at radius 3 is 2.67 bits per heavy atom. The maximum atomic E-state index is 13.0. The zero-order valence-electron chi connectivity index (χ0n) is 15.9. The van der Waals surface area contributed by atoms with Crippen molar-refractivity contribution in [1.29, 1.82) is 0 Å². The molecule has 4 nitrogen and oxygen atoms in total. The number of unbranched alkanes of at least 4 members (excludes halogenated alkanes) is 1. The maximum Gasteiger partial charge on any atom is 0.266 e. The van der Waals surface area contributed by atoms with Crippen molar-refractivity contribution < 1.29 is 9.53 Å². The first-order chi connectivity index (χ1) is 13.1. The highest BCUT2D eigenvalue weighted by Crippen LogP contribution is 2.35. The molecular weight excluding hydrogens is 356 g/mol. The van der Waals surface area contributed by atoms with Gasteiger partial charge in [-0.25, -0.2) is 4.99 Å². The number of hydrogen-bond acceptors (Lipinski definition) is 4. The van der Waals surface area contributed by atoms with Crippen LogP contribution in [0.25, 0.3) is 6.08 Å². The normalized spacial score (nSPS) is 17.1. The summed E-state index contributed by atoms with van der Waals surface area (Å²) in [6.07, 6.45) is 3.90. The van der Waals surface area contributed by atoms with Gasteiger partial charge in [0.1, 0.15) is 5.75 Å². The number of para-hydroxylation sites is 1. The van der Waals surface area contributed by atoms with Crippen LogP contribution in [0.15, 0.2) is 58.4 Å². The van der Waals surface area contributed by atoms with Crippen LogP contribution >= 0.6 is 11.8 Å². The second kappa shape index (κ2) is 8.91. The Balaban J connectivity index is 1.93. The first kappa shape index (κ1) is 19.2. The first-order valence-corrected chi connectivity index (χ1v) is 9.94. The number of hydrogen-bond donors (Lipinski definition) is 0. The summed E-state index contributed by atoms with van der Waals surface area (Å²) in [7, 11) is 1.66. The summed E-state index contributed by atoms with van der Waals surface area (Å²) in [5.74, 6) is 0.837. The Kier molecular flexibility index (Phi) is 6.35. The molecule has 0 saturated carbocycles. The lowest BCUT2D eigenvalue weighted by atomic mass is 10.1. The number of ether oxygens (including phenoxy) is 1. The van der Waals surface area contributed by atoms with E-state index >= 15 is 0 Å². The SMILES string of the molecule is CCCCN1C(=O)/C(=C/c2ccc(C)c(OC)c2)SC1=Nc1ccccc1. The number of nitrogens with zero attached hydrogens (tertiary/aromatic N) is 2. The third-order valence-electron chi connectivity index (χ3n) is 4.33. The summed E-state index contributed by atoms with van der Waals surface area (Å²) in [6.45, 7) is 4.81. The van der Waals surface area contributed by atoms with Gasteiger partial charge in [-0.3, -0.25) is 9.69 Å². The fourth-order valence-corrected chi connectivity index (χ4v) is 3.82. The number of amides is 1. The minimum absolute atomic E-state index is 0.0164. The van der Waals surface area contributed by atoms with Crippen LogP contribution in [-0.4, -0.2) is 29.6 Å². The van der Waals surface area contributed by atoms with E-state index in [-0.39, 0.29) is 5.91 Å². The molecule has 0 N–H and O–H groups in total. The van der Waals surface area contributed by atoms with Crippen molar-refractivity contribution in [3.63, 3.8) is 0 Å². The Morgan fingerprint density at radius 2 is 1.96 bits per heavy atom. The Bertz CT molecular complexity index is 875. The van der Waals surface area contributed by atoms with Crippen molar-refractivity contribution in [1.82, 2.24) is 4.90 Å². The fourth-order valence-electron chi connectivity index (χ4n) is 2.80. The molecular formula is C22H24N2O2S. The molecule has 140 valence electrons. The van der Waals surface area contributed by atoms with Gasteiger partial charge in [0.25, 0.3) is 5.91 Å². The zero-order valence-corrected chi connectivity index (χ0v) is 16.8. The van der Waals surface area contributed by atoms with E-state index in [1.807, 2.05) is 61.5 Å². The van der Waals surface area contributed by atoms with Crippen LogP contribution in [0.3, 0.4) is 0 Å². The van der Waals surface area contributed by atoms with Gasteiger partial charge in [0.05, 0.1) is 17.7 Å². The minimum atomic E-state index is 0.0164. The van der Waals surface area contributed by atoms with Crippen LogP contribution in [0.1, 0.15) is 30.9 Å². The van der Waals surface area contributed by atoms with Gasteiger partial charge < -0.3 is 4.74 Å². The van der Waals surface area contributed by atoms with Gasteiger partial charge in [0, 0.05) is 6.54 Å². The molecule has 1 aliphatic heterocycles. The van der Waals surface area contributed by atoms with E-state index in [0.29, 0.717) is 11.4 Å². The molecule has 1 heterocycles. The number of rotatable bonds is 6. The summed E-state index contributed by atoms with van der Waals surface area (Å²) in [4.78, 5) is 20.1. The number of aryl methyl sites for hydroxylation is 1. The van der Waals surface area contributed by atoms with Crippen molar-refractivity contribution in [2.24, 2.45) is 4.99 Å². The molecule has 0 unspecified atom stereocenters. The lowest BCUT2D eigenvalue weighted by Gasteiger charge is -2.14. The summed E-state index contributed by atoms with van der Waals surface area (Å²) in [5.41, 5.74) is 2.87. The number of methoxy groups -OCH3 is 1. The molecule has 1 saturated heterocycles. The molecule has 1 amide bonds. The van der Waals surface area contributed by atoms with Crippen LogP contribution in [0.4, 0.5) is 5.69 Å². The molecule has 0 radical (unpaired) electrons. The van der Waals surface area contributed by atoms with Crippen LogP contribution in [0.2, 0.25) is 0 Å². The largest absolute Gasteiger partial charge is 0.496 e. The quantitative estimate of drug-likeness (QED) is 0.630. The molecule has 0 bridgehead atoms. The topological polar surface area (TPSA) is 41.9 Å². The smallest absolute Gasteiger partial charge is 0.266 e. The fraction of sp³-hybridized carbons (Fsp3) is 0.273. The average molecular weight is 381 g/mol. The van der Waals surface area contributed by atoms with Gasteiger partial charge in [0.2, 0.25) is 0 Å². The molecule has 2 aromatic rings. The van der Waals surface area contributed by atoms with Gasteiger partial charge in [-0.1, -0.05) is 43.7 Å². The van der Waals surface area contributed by atoms with E-state index < -0.39 is 0 Å². The molecule has 2 aromatic carbocycles. The summed E-state index contributed by atoms with van der Waals surface area (Å²) in [6, 6.07) is 15.7. The highest BCUT2D eigenvalue weighted by Gasteiger charge is 2.32. The van der Waals surface area contributed by atoms with Crippen LogP contribution in [0, 0.1) is 6.92 Å². The van der Waals surface area contributed by atoms with Crippen LogP contribution in [0.5, 0.6) is 5.75 Å². The summed E-state index contributed by atoms with van der Waals surface area (Å²) < 4.78 is 5.40. The van der Waals surface area contributed by atoms with Gasteiger partial charge in [-0.2, -0.15) is 0 Å². The van der Waals surface area contributed by atoms with Crippen molar-refractivity contribution in [3.8, 4) is 5.75 Å². The summed E-state index contributed by atoms with van der Waals surface area (Å²) in [5, 5.41) is 0.741. The molecule has 1 aliphatic rings. The molecule has 27 heavy (non-hydrogen) atoms. The van der Waals surface area contributed by atoms with E-state index in [9.17, 15) is 4.79 Å². The number of benzene rings is 2. The number of carbonyl (C=O) groups is 1. The second-order valence-electron chi connectivity index (χ2n) is 6.38. The van der Waals surface area contributed by atoms with Gasteiger partial charge in [0.15, 0.2) is 5.17 Å². The molecule has 0 aromatic heterocycles. The van der Waals surface area contributed by atoms with Gasteiger partial charge in [-0.05, 0) is 60.5 Å². The maximum absolute atomic E-state index is 13.0. The predicted molar refractivity (Wildman–Crippen MR) is 113 cm³/mol. The van der Waals surface area contributed by atoms with E-state index in [2.05, 4.69) is 6.92 Å². The van der Waals surface area contributed by atoms with Crippen molar-refractivity contribution in [3.05, 3.63) is 64.6 Å². The average Bonchev–Trinajstić information content (AvgIpc) is 2.97. The van der Waals surface area contributed by atoms with Crippen molar-refractivity contribution in [2.75, 3.05) is 13.7 Å². The molecule has 3 rings (SSSR count). The van der Waals surface area contributed by atoms with Crippen LogP contribution < -0.4 is 4.74 Å². The Labute approximate surface area is 164 Å². The van der Waals surface area contributed by atoms with E-state index in [0.717, 1.165) is 40.6 Å². The molecule has 0 aliphatic carbocycles. The molecule has 1 fully saturated rings. The third-order valence-corrected chi connectivity index (χ3v) is 5.34. The molecule has 0 atom stereocenters. The van der Waals surface area contributed by atoms with Crippen molar-refractivity contribution >= 4 is 34.6 Å². The van der Waals surface area contributed by atoms with Gasteiger partial charge in [-0.15, -0.1) is 0 Å². The minimum Gasteiger partial charge on any atom is -0.496 e. The Hall–Kier alpha value is -2.53. The van der Waals surface area contributed by atoms with Crippen molar-refractivity contribution in [2.45, 2.75) is 26.7 Å². The first-order valence-electron chi connectivity index (χ1n) is 9.12. The van der Waals surface area contributed by atoms with E-state index in [1.54, 1.807) is 12.0 Å². The third kappa shape index (κ3) is 4.61. The van der Waals surface area contributed by atoms with Gasteiger partial charge >= 0.3 is 0 Å². The highest BCUT2D eigenvalue weighted by molar-refractivity contribution is 8.18. The Morgan fingerprint density at radius 1 is 1.19 bits per heavy atom. The monoisotopic (exact) mass is 380 g/mol. The standard InChI is InChI=1S/C22H24N2O2S/c1-4-5-13-24-21(25)20(15-17-12-11-16(2)19(14-17)26-3)27-22(24)23-18-9-7-6-8-10-18/h6-12,14-15H,4-5,13H2,1-3H3/b20-15-,23-22?. The number of aliphatic imine (C=N–C) groups is 1. The summed E-state index contributed by atoms with van der Waals surface area (Å²) >= 11 is 1.43. The molecule has 5 heteroatoms. The number of amidine groups is 1. The molecule has 0 spiro atoms.